The molecule has 6 heteroatoms. The molecule has 19 heavy (non-hydrogen) atoms. The zero-order chi connectivity index (χ0) is 13.0. The third-order valence-electron chi connectivity index (χ3n) is 2.43. The van der Waals surface area contributed by atoms with E-state index in [1.165, 1.54) is 5.56 Å². The topological polar surface area (TPSA) is 66.6 Å². The maximum absolute atomic E-state index is 5.61. The maximum atomic E-state index is 5.61. The first kappa shape index (κ1) is 16.0. The number of rotatable bonds is 5. The smallest absolute Gasteiger partial charge is 0.277 e. The summed E-state index contributed by atoms with van der Waals surface area (Å²) in [5.74, 6) is 0.613. The normalized spacial score (nSPS) is 12.2. The number of nitrogens with zero attached hydrogens (tertiary/aromatic N) is 2. The van der Waals surface area contributed by atoms with Gasteiger partial charge in [-0.05, 0) is 5.56 Å². The van der Waals surface area contributed by atoms with E-state index in [0.29, 0.717) is 16.4 Å². The van der Waals surface area contributed by atoms with Crippen LogP contribution in [-0.4, -0.2) is 15.4 Å². The molecule has 0 saturated heterocycles. The Morgan fingerprint density at radius 3 is 2.53 bits per heavy atom. The summed E-state index contributed by atoms with van der Waals surface area (Å²) in [6.07, 6.45) is 0.814. The Hall–Kier alpha value is -1.04. The van der Waals surface area contributed by atoms with E-state index in [0.717, 1.165) is 6.42 Å². The van der Waals surface area contributed by atoms with Crippen molar-refractivity contribution in [2.75, 3.05) is 0 Å². The van der Waals surface area contributed by atoms with Gasteiger partial charge in [0.15, 0.2) is 6.04 Å². The molecule has 2 aromatic rings. The third kappa shape index (κ3) is 4.86. The Morgan fingerprint density at radius 2 is 1.89 bits per heavy atom. The predicted octanol–water partition coefficient (Wildman–Crippen LogP) is -0.900. The second-order valence-electron chi connectivity index (χ2n) is 4.46. The van der Waals surface area contributed by atoms with E-state index in [2.05, 4.69) is 41.9 Å². The average molecular weight is 300 g/mol. The minimum absolute atomic E-state index is 0. The first-order valence-electron chi connectivity index (χ1n) is 6.02. The molecular formula is C13H18ClN3OS. The first-order chi connectivity index (χ1) is 8.65. The monoisotopic (exact) mass is 299 g/mol. The summed E-state index contributed by atoms with van der Waals surface area (Å²) in [6, 6.07) is 10.2. The molecule has 104 valence electrons. The van der Waals surface area contributed by atoms with Crippen LogP contribution in [0.5, 0.6) is 0 Å². The lowest BCUT2D eigenvalue weighted by Crippen LogP contribution is -3.00. The van der Waals surface area contributed by atoms with Gasteiger partial charge >= 0.3 is 0 Å². The number of quaternary nitrogens is 1. The van der Waals surface area contributed by atoms with Crippen molar-refractivity contribution in [3.8, 4) is 0 Å². The molecule has 1 atom stereocenters. The van der Waals surface area contributed by atoms with E-state index >= 15 is 0 Å². The standard InChI is InChI=1S/C13H17N3OS.ClH/c1-9(2)18-13-16-15-12(17-13)11(14)8-10-6-4-3-5-7-10;/h3-7,9,11H,8,14H2,1-2H3;1H/t11-;/m0./s1. The van der Waals surface area contributed by atoms with E-state index in [4.69, 9.17) is 4.42 Å². The second kappa shape index (κ2) is 7.53. The highest BCUT2D eigenvalue weighted by atomic mass is 35.5. The van der Waals surface area contributed by atoms with Crippen molar-refractivity contribution >= 4 is 11.8 Å². The molecule has 0 aliphatic heterocycles. The SMILES string of the molecule is CC(C)Sc1nnc([C@@H]([NH3+])Cc2ccccc2)o1.[Cl-]. The van der Waals surface area contributed by atoms with Crippen molar-refractivity contribution in [1.29, 1.82) is 0 Å². The fourth-order valence-corrected chi connectivity index (χ4v) is 2.25. The summed E-state index contributed by atoms with van der Waals surface area (Å²) in [5.41, 5.74) is 5.32. The molecule has 0 bridgehead atoms. The van der Waals surface area contributed by atoms with Crippen molar-refractivity contribution in [2.24, 2.45) is 0 Å². The van der Waals surface area contributed by atoms with E-state index in [1.807, 2.05) is 18.2 Å². The number of hydrogen-bond acceptors (Lipinski definition) is 4. The van der Waals surface area contributed by atoms with Gasteiger partial charge in [-0.15, -0.1) is 10.2 Å². The van der Waals surface area contributed by atoms with Gasteiger partial charge in [-0.3, -0.25) is 0 Å². The van der Waals surface area contributed by atoms with Crippen molar-refractivity contribution in [3.05, 3.63) is 41.8 Å². The summed E-state index contributed by atoms with van der Waals surface area (Å²) in [4.78, 5) is 0. The highest BCUT2D eigenvalue weighted by Crippen LogP contribution is 2.23. The Kier molecular flexibility index (Phi) is 6.34. The molecule has 0 amide bonds. The van der Waals surface area contributed by atoms with Crippen molar-refractivity contribution in [2.45, 2.75) is 36.8 Å². The molecule has 1 aromatic heterocycles. The highest BCUT2D eigenvalue weighted by Gasteiger charge is 2.18. The van der Waals surface area contributed by atoms with Crippen LogP contribution in [0, 0.1) is 0 Å². The lowest BCUT2D eigenvalue weighted by atomic mass is 10.1. The minimum Gasteiger partial charge on any atom is -1.00 e. The average Bonchev–Trinajstić information content (AvgIpc) is 2.78. The van der Waals surface area contributed by atoms with E-state index < -0.39 is 0 Å². The second-order valence-corrected chi connectivity index (χ2v) is 5.99. The van der Waals surface area contributed by atoms with Gasteiger partial charge in [0.2, 0.25) is 0 Å². The molecule has 1 heterocycles. The van der Waals surface area contributed by atoms with Gasteiger partial charge in [-0.1, -0.05) is 55.9 Å². The molecule has 0 aliphatic carbocycles. The van der Waals surface area contributed by atoms with Crippen LogP contribution >= 0.6 is 11.8 Å². The van der Waals surface area contributed by atoms with Gasteiger partial charge in [0.1, 0.15) is 0 Å². The number of hydrogen-bond donors (Lipinski definition) is 1. The summed E-state index contributed by atoms with van der Waals surface area (Å²) in [6.45, 7) is 4.19. The number of halogens is 1. The minimum atomic E-state index is 0. The van der Waals surface area contributed by atoms with E-state index in [1.54, 1.807) is 11.8 Å². The van der Waals surface area contributed by atoms with Gasteiger partial charge < -0.3 is 22.6 Å². The van der Waals surface area contributed by atoms with Gasteiger partial charge in [-0.25, -0.2) is 0 Å². The Labute approximate surface area is 123 Å². The van der Waals surface area contributed by atoms with Crippen LogP contribution in [0.15, 0.2) is 40.0 Å². The maximum Gasteiger partial charge on any atom is 0.277 e. The highest BCUT2D eigenvalue weighted by molar-refractivity contribution is 7.99. The van der Waals surface area contributed by atoms with Crippen molar-refractivity contribution < 1.29 is 22.6 Å². The van der Waals surface area contributed by atoms with Crippen LogP contribution in [0.2, 0.25) is 0 Å². The zero-order valence-electron chi connectivity index (χ0n) is 11.0. The molecule has 0 fully saturated rings. The first-order valence-corrected chi connectivity index (χ1v) is 6.90. The summed E-state index contributed by atoms with van der Waals surface area (Å²) < 4.78 is 5.61. The fraction of sp³-hybridized carbons (Fsp3) is 0.385. The van der Waals surface area contributed by atoms with E-state index in [9.17, 15) is 0 Å². The lowest BCUT2D eigenvalue weighted by Gasteiger charge is -2.03. The number of thioether (sulfide) groups is 1. The van der Waals surface area contributed by atoms with Crippen molar-refractivity contribution in [3.63, 3.8) is 0 Å². The number of benzene rings is 1. The summed E-state index contributed by atoms with van der Waals surface area (Å²) in [7, 11) is 0. The van der Waals surface area contributed by atoms with Gasteiger partial charge in [0.25, 0.3) is 11.1 Å². The largest absolute Gasteiger partial charge is 1.00 e. The molecule has 0 unspecified atom stereocenters. The quantitative estimate of drug-likeness (QED) is 0.727. The summed E-state index contributed by atoms with van der Waals surface area (Å²) >= 11 is 1.57. The van der Waals surface area contributed by atoms with Gasteiger partial charge in [0, 0.05) is 11.7 Å². The Bertz CT molecular complexity index is 490. The van der Waals surface area contributed by atoms with Crippen LogP contribution < -0.4 is 18.1 Å². The molecule has 0 spiro atoms. The Morgan fingerprint density at radius 1 is 1.21 bits per heavy atom. The summed E-state index contributed by atoms with van der Waals surface area (Å²) in [5, 5.41) is 9.16. The molecule has 3 N–H and O–H groups in total. The molecule has 0 aliphatic rings. The van der Waals surface area contributed by atoms with Gasteiger partial charge in [-0.2, -0.15) is 0 Å². The van der Waals surface area contributed by atoms with Crippen LogP contribution in [0.4, 0.5) is 0 Å². The van der Waals surface area contributed by atoms with Crippen LogP contribution in [0.1, 0.15) is 31.3 Å². The molecule has 0 saturated carbocycles. The molecule has 2 rings (SSSR count). The van der Waals surface area contributed by atoms with Crippen molar-refractivity contribution in [1.82, 2.24) is 10.2 Å². The van der Waals surface area contributed by atoms with E-state index in [-0.39, 0.29) is 18.4 Å². The van der Waals surface area contributed by atoms with Gasteiger partial charge in [0.05, 0.1) is 0 Å². The molecule has 4 nitrogen and oxygen atoms in total. The molecule has 0 radical (unpaired) electrons. The fourth-order valence-electron chi connectivity index (χ4n) is 1.62. The predicted molar refractivity (Wildman–Crippen MR) is 71.1 cm³/mol. The van der Waals surface area contributed by atoms with Crippen LogP contribution in [-0.2, 0) is 6.42 Å². The lowest BCUT2D eigenvalue weighted by molar-refractivity contribution is -0.431. The van der Waals surface area contributed by atoms with Crippen LogP contribution in [0.25, 0.3) is 0 Å². The molecular weight excluding hydrogens is 282 g/mol. The molecule has 1 aromatic carbocycles. The zero-order valence-corrected chi connectivity index (χ0v) is 12.6. The van der Waals surface area contributed by atoms with Crippen LogP contribution in [0.3, 0.4) is 0 Å². The number of aromatic nitrogens is 2. The Balaban J connectivity index is 0.00000180. The third-order valence-corrected chi connectivity index (χ3v) is 3.27.